The molecule has 2 aliphatic rings. The van der Waals surface area contributed by atoms with Gasteiger partial charge in [0.1, 0.15) is 12.1 Å². The van der Waals surface area contributed by atoms with Crippen molar-refractivity contribution in [2.75, 3.05) is 13.1 Å². The highest BCUT2D eigenvalue weighted by Crippen LogP contribution is 2.40. The van der Waals surface area contributed by atoms with Crippen LogP contribution in [0.5, 0.6) is 0 Å². The number of amides is 1. The van der Waals surface area contributed by atoms with E-state index in [0.29, 0.717) is 13.1 Å². The van der Waals surface area contributed by atoms with E-state index in [1.54, 1.807) is 0 Å². The van der Waals surface area contributed by atoms with Crippen LogP contribution in [-0.4, -0.2) is 46.0 Å². The molecule has 1 amide bonds. The second-order valence-corrected chi connectivity index (χ2v) is 5.23. The summed E-state index contributed by atoms with van der Waals surface area (Å²) >= 11 is 0. The van der Waals surface area contributed by atoms with E-state index < -0.39 is 0 Å². The largest absolute Gasteiger partial charge is 0.392 e. The molecule has 1 aromatic rings. The molecule has 20 heavy (non-hydrogen) atoms. The van der Waals surface area contributed by atoms with Gasteiger partial charge >= 0.3 is 0 Å². The van der Waals surface area contributed by atoms with E-state index in [4.69, 9.17) is 16.1 Å². The van der Waals surface area contributed by atoms with Gasteiger partial charge in [0, 0.05) is 13.1 Å². The summed E-state index contributed by atoms with van der Waals surface area (Å²) < 4.78 is 0. The van der Waals surface area contributed by atoms with Crippen LogP contribution in [0.1, 0.15) is 17.3 Å². The number of nitriles is 1. The highest BCUT2D eigenvalue weighted by Gasteiger charge is 2.52. The summed E-state index contributed by atoms with van der Waals surface area (Å²) in [6, 6.07) is 9.48. The summed E-state index contributed by atoms with van der Waals surface area (Å²) in [5.74, 6) is -0.322. The number of rotatable bonds is 5. The van der Waals surface area contributed by atoms with Crippen LogP contribution >= 0.6 is 0 Å². The third-order valence-corrected chi connectivity index (χ3v) is 3.87. The van der Waals surface area contributed by atoms with Gasteiger partial charge in [0.2, 0.25) is 5.91 Å². The summed E-state index contributed by atoms with van der Waals surface area (Å²) in [5, 5.41) is 18.1. The van der Waals surface area contributed by atoms with Crippen molar-refractivity contribution in [1.29, 1.82) is 5.26 Å². The van der Waals surface area contributed by atoms with Gasteiger partial charge in [-0.3, -0.25) is 14.6 Å². The number of carbonyl (C=O) groups is 1. The lowest BCUT2D eigenvalue weighted by atomic mass is 10.1. The molecule has 5 unspecified atom stereocenters. The summed E-state index contributed by atoms with van der Waals surface area (Å²) in [6.07, 6.45) is -0.0788. The molecule has 0 aliphatic carbocycles. The molecule has 2 saturated heterocycles. The minimum absolute atomic E-state index is 0.00308. The summed E-state index contributed by atoms with van der Waals surface area (Å²) in [4.78, 5) is 15.3. The Bertz CT molecular complexity index is 566. The zero-order valence-electron chi connectivity index (χ0n) is 10.9. The normalized spacial score (nSPS) is 32.2. The van der Waals surface area contributed by atoms with Gasteiger partial charge in [-0.1, -0.05) is 24.3 Å². The quantitative estimate of drug-likeness (QED) is 0.708. The van der Waals surface area contributed by atoms with E-state index in [-0.39, 0.29) is 30.8 Å². The maximum absolute atomic E-state index is 11.3. The Balaban J connectivity index is 1.82. The van der Waals surface area contributed by atoms with Crippen LogP contribution in [0.4, 0.5) is 0 Å². The van der Waals surface area contributed by atoms with Gasteiger partial charge in [-0.15, -0.1) is 0 Å². The van der Waals surface area contributed by atoms with E-state index in [0.717, 1.165) is 11.1 Å². The van der Waals surface area contributed by atoms with Crippen molar-refractivity contribution in [3.05, 3.63) is 35.4 Å². The fraction of sp³-hybridized carbons (Fsp3) is 0.429. The molecule has 2 fully saturated rings. The first-order valence-electron chi connectivity index (χ1n) is 6.56. The van der Waals surface area contributed by atoms with Crippen molar-refractivity contribution in [2.24, 2.45) is 5.73 Å². The van der Waals surface area contributed by atoms with Crippen LogP contribution < -0.4 is 5.73 Å². The number of benzene rings is 1. The predicted octanol–water partition coefficient (Wildman–Crippen LogP) is -0.445. The van der Waals surface area contributed by atoms with E-state index in [1.165, 1.54) is 0 Å². The topological polar surface area (TPSA) is 93.1 Å². The SMILES string of the molecule is N#CC1CN1C(c1ccc(CO)cc1)N1CC1C(N)=O. The maximum Gasteiger partial charge on any atom is 0.236 e. The lowest BCUT2D eigenvalue weighted by Gasteiger charge is -2.21. The minimum atomic E-state index is -0.322. The van der Waals surface area contributed by atoms with Crippen LogP contribution in [0.15, 0.2) is 24.3 Å². The van der Waals surface area contributed by atoms with Crippen LogP contribution in [0, 0.1) is 11.3 Å². The number of primary amides is 1. The van der Waals surface area contributed by atoms with Crippen molar-refractivity contribution >= 4 is 5.91 Å². The molecule has 0 aromatic heterocycles. The van der Waals surface area contributed by atoms with Crippen molar-refractivity contribution < 1.29 is 9.90 Å². The van der Waals surface area contributed by atoms with Crippen LogP contribution in [0.3, 0.4) is 0 Å². The number of aliphatic hydroxyl groups excluding tert-OH is 1. The smallest absolute Gasteiger partial charge is 0.236 e. The van der Waals surface area contributed by atoms with Gasteiger partial charge in [0.25, 0.3) is 0 Å². The van der Waals surface area contributed by atoms with Crippen molar-refractivity contribution in [3.8, 4) is 6.07 Å². The number of aliphatic hydroxyl groups is 1. The Morgan fingerprint density at radius 3 is 2.55 bits per heavy atom. The molecule has 0 saturated carbocycles. The second-order valence-electron chi connectivity index (χ2n) is 5.23. The second kappa shape index (κ2) is 4.87. The van der Waals surface area contributed by atoms with Crippen LogP contribution in [-0.2, 0) is 11.4 Å². The average molecular weight is 272 g/mol. The van der Waals surface area contributed by atoms with Crippen molar-refractivity contribution in [1.82, 2.24) is 9.80 Å². The Kier molecular flexibility index (Phi) is 3.18. The van der Waals surface area contributed by atoms with Gasteiger partial charge < -0.3 is 10.8 Å². The molecule has 0 radical (unpaired) electrons. The van der Waals surface area contributed by atoms with Crippen LogP contribution in [0.2, 0.25) is 0 Å². The molecule has 6 heteroatoms. The highest BCUT2D eigenvalue weighted by molar-refractivity contribution is 5.83. The number of nitrogens with two attached hydrogens (primary N) is 1. The van der Waals surface area contributed by atoms with Crippen molar-refractivity contribution in [2.45, 2.75) is 24.9 Å². The molecule has 2 heterocycles. The number of hydrogen-bond donors (Lipinski definition) is 2. The summed E-state index contributed by atoms with van der Waals surface area (Å²) in [6.45, 7) is 1.35. The number of nitrogens with zero attached hydrogens (tertiary/aromatic N) is 3. The highest BCUT2D eigenvalue weighted by atomic mass is 16.3. The molecule has 3 rings (SSSR count). The average Bonchev–Trinajstić information content (AvgIpc) is 3.34. The number of hydrogen-bond acceptors (Lipinski definition) is 5. The monoisotopic (exact) mass is 272 g/mol. The molecule has 5 atom stereocenters. The molecule has 0 bridgehead atoms. The van der Waals surface area contributed by atoms with Crippen LogP contribution in [0.25, 0.3) is 0 Å². The Labute approximate surface area is 117 Å². The Hall–Kier alpha value is -1.94. The lowest BCUT2D eigenvalue weighted by Crippen LogP contribution is -2.27. The molecule has 3 N–H and O–H groups in total. The lowest BCUT2D eigenvalue weighted by molar-refractivity contribution is -0.118. The van der Waals surface area contributed by atoms with E-state index >= 15 is 0 Å². The fourth-order valence-corrected chi connectivity index (χ4v) is 2.58. The predicted molar refractivity (Wildman–Crippen MR) is 70.9 cm³/mol. The molecule has 2 aliphatic heterocycles. The third-order valence-electron chi connectivity index (χ3n) is 3.87. The molecule has 104 valence electrons. The number of carbonyl (C=O) groups excluding carboxylic acids is 1. The molecular formula is C14H16N4O2. The minimum Gasteiger partial charge on any atom is -0.392 e. The first-order chi connectivity index (χ1) is 9.65. The van der Waals surface area contributed by atoms with Crippen molar-refractivity contribution in [3.63, 3.8) is 0 Å². The summed E-state index contributed by atoms with van der Waals surface area (Å²) in [7, 11) is 0. The molecule has 6 nitrogen and oxygen atoms in total. The fourth-order valence-electron chi connectivity index (χ4n) is 2.58. The molecular weight excluding hydrogens is 256 g/mol. The van der Waals surface area contributed by atoms with Gasteiger partial charge in [-0.2, -0.15) is 5.26 Å². The summed E-state index contributed by atoms with van der Waals surface area (Å²) in [5.41, 5.74) is 7.20. The van der Waals surface area contributed by atoms with Gasteiger partial charge in [-0.25, -0.2) is 0 Å². The first kappa shape index (κ1) is 13.1. The van der Waals surface area contributed by atoms with Gasteiger partial charge in [0.15, 0.2) is 0 Å². The third kappa shape index (κ3) is 2.27. The zero-order valence-corrected chi connectivity index (χ0v) is 10.9. The molecule has 0 spiro atoms. The standard InChI is InChI=1S/C14H16N4O2/c15-5-11-6-17(11)14(18-7-12(18)13(16)20)10-3-1-9(8-19)2-4-10/h1-4,11-12,14,19H,6-8H2,(H2,16,20). The Morgan fingerprint density at radius 1 is 1.40 bits per heavy atom. The zero-order chi connectivity index (χ0) is 14.3. The maximum atomic E-state index is 11.3. The van der Waals surface area contributed by atoms with E-state index in [9.17, 15) is 4.79 Å². The van der Waals surface area contributed by atoms with Gasteiger partial charge in [0.05, 0.1) is 18.8 Å². The van der Waals surface area contributed by atoms with E-state index in [2.05, 4.69) is 6.07 Å². The van der Waals surface area contributed by atoms with Gasteiger partial charge in [-0.05, 0) is 11.1 Å². The van der Waals surface area contributed by atoms with E-state index in [1.807, 2.05) is 34.1 Å². The Morgan fingerprint density at radius 2 is 2.10 bits per heavy atom. The molecule has 1 aromatic carbocycles. The first-order valence-corrected chi connectivity index (χ1v) is 6.56.